The van der Waals surface area contributed by atoms with Crippen LogP contribution in [0.15, 0.2) is 12.1 Å². The number of nitriles is 2. The Balaban J connectivity index is 3.50. The lowest BCUT2D eigenvalue weighted by Crippen LogP contribution is -1.88. The Kier molecular flexibility index (Phi) is 1.94. The minimum Gasteiger partial charge on any atom is -0.508 e. The molecule has 0 aliphatic heterocycles. The van der Waals surface area contributed by atoms with Crippen LogP contribution in [0.5, 0.6) is 5.75 Å². The van der Waals surface area contributed by atoms with Crippen LogP contribution >= 0.6 is 0 Å². The molecule has 0 fully saturated rings. The van der Waals surface area contributed by atoms with E-state index >= 15 is 0 Å². The molecule has 0 spiro atoms. The Morgan fingerprint density at radius 2 is 1.92 bits per heavy atom. The van der Waals surface area contributed by atoms with E-state index in [2.05, 4.69) is 0 Å². The first-order chi connectivity index (χ1) is 5.69. The number of halogens is 1. The predicted octanol–water partition coefficient (Wildman–Crippen LogP) is 1.27. The molecule has 0 saturated carbocycles. The summed E-state index contributed by atoms with van der Waals surface area (Å²) in [5.74, 6) is -1.24. The first-order valence-electron chi connectivity index (χ1n) is 3.01. The molecule has 0 unspecified atom stereocenters. The minimum atomic E-state index is -0.881. The highest BCUT2D eigenvalue weighted by molar-refractivity contribution is 5.49. The zero-order chi connectivity index (χ0) is 9.14. The number of aromatic hydroxyl groups is 1. The maximum absolute atomic E-state index is 12.8. The second-order valence-electron chi connectivity index (χ2n) is 2.07. The third kappa shape index (κ3) is 1.18. The van der Waals surface area contributed by atoms with E-state index in [-0.39, 0.29) is 16.9 Å². The van der Waals surface area contributed by atoms with Crippen LogP contribution in [0.25, 0.3) is 0 Å². The van der Waals surface area contributed by atoms with Crippen molar-refractivity contribution >= 4 is 0 Å². The van der Waals surface area contributed by atoms with Gasteiger partial charge in [-0.15, -0.1) is 0 Å². The van der Waals surface area contributed by atoms with Gasteiger partial charge in [0, 0.05) is 6.07 Å². The van der Waals surface area contributed by atoms with Crippen molar-refractivity contribution in [2.45, 2.75) is 0 Å². The van der Waals surface area contributed by atoms with Gasteiger partial charge < -0.3 is 5.11 Å². The van der Waals surface area contributed by atoms with Crippen molar-refractivity contribution in [3.05, 3.63) is 29.1 Å². The maximum atomic E-state index is 12.8. The van der Waals surface area contributed by atoms with Gasteiger partial charge in [0.05, 0.1) is 5.56 Å². The molecule has 4 heteroatoms. The molecule has 0 radical (unpaired) electrons. The van der Waals surface area contributed by atoms with E-state index in [1.54, 1.807) is 6.07 Å². The molecule has 0 aromatic heterocycles. The van der Waals surface area contributed by atoms with E-state index in [0.717, 1.165) is 12.1 Å². The number of nitrogens with zero attached hydrogens (tertiary/aromatic N) is 2. The molecule has 1 rings (SSSR count). The molecular formula is C8H3FN2O. The van der Waals surface area contributed by atoms with E-state index in [1.165, 1.54) is 6.07 Å². The summed E-state index contributed by atoms with van der Waals surface area (Å²) in [4.78, 5) is 0. The van der Waals surface area contributed by atoms with Crippen molar-refractivity contribution in [2.24, 2.45) is 0 Å². The quantitative estimate of drug-likeness (QED) is 0.624. The zero-order valence-corrected chi connectivity index (χ0v) is 5.87. The Morgan fingerprint density at radius 3 is 2.42 bits per heavy atom. The van der Waals surface area contributed by atoms with Gasteiger partial charge in [0.2, 0.25) is 0 Å². The molecule has 0 bridgehead atoms. The first-order valence-corrected chi connectivity index (χ1v) is 3.01. The van der Waals surface area contributed by atoms with Crippen molar-refractivity contribution in [1.82, 2.24) is 0 Å². The summed E-state index contributed by atoms with van der Waals surface area (Å²) in [7, 11) is 0. The summed E-state index contributed by atoms with van der Waals surface area (Å²) >= 11 is 0. The van der Waals surface area contributed by atoms with Crippen molar-refractivity contribution in [2.75, 3.05) is 0 Å². The van der Waals surface area contributed by atoms with E-state index < -0.39 is 5.82 Å². The van der Waals surface area contributed by atoms with Gasteiger partial charge in [0.1, 0.15) is 29.3 Å². The molecule has 3 nitrogen and oxygen atoms in total. The number of hydrogen-bond acceptors (Lipinski definition) is 3. The molecule has 0 amide bonds. The summed E-state index contributed by atoms with van der Waals surface area (Å²) in [6, 6.07) is 4.97. The highest BCUT2D eigenvalue weighted by Gasteiger charge is 2.09. The van der Waals surface area contributed by atoms with Gasteiger partial charge >= 0.3 is 0 Å². The molecule has 0 aliphatic carbocycles. The molecule has 0 aliphatic rings. The van der Waals surface area contributed by atoms with E-state index in [4.69, 9.17) is 15.6 Å². The summed E-state index contributed by atoms with van der Waals surface area (Å²) in [5, 5.41) is 25.7. The maximum Gasteiger partial charge on any atom is 0.145 e. The van der Waals surface area contributed by atoms with Gasteiger partial charge in [-0.1, -0.05) is 0 Å². The van der Waals surface area contributed by atoms with Crippen molar-refractivity contribution in [1.29, 1.82) is 10.5 Å². The average Bonchev–Trinajstić information content (AvgIpc) is 2.03. The van der Waals surface area contributed by atoms with E-state index in [9.17, 15) is 4.39 Å². The number of rotatable bonds is 0. The van der Waals surface area contributed by atoms with Crippen molar-refractivity contribution < 1.29 is 9.50 Å². The van der Waals surface area contributed by atoms with Crippen LogP contribution in [-0.4, -0.2) is 5.11 Å². The summed E-state index contributed by atoms with van der Waals surface area (Å²) in [6.45, 7) is 0. The van der Waals surface area contributed by atoms with Gasteiger partial charge in [0.25, 0.3) is 0 Å². The van der Waals surface area contributed by atoms with Gasteiger partial charge in [-0.25, -0.2) is 4.39 Å². The highest BCUT2D eigenvalue weighted by atomic mass is 19.1. The Morgan fingerprint density at radius 1 is 1.25 bits per heavy atom. The van der Waals surface area contributed by atoms with Gasteiger partial charge in [-0.05, 0) is 6.07 Å². The van der Waals surface area contributed by atoms with Crippen LogP contribution in [0, 0.1) is 28.5 Å². The van der Waals surface area contributed by atoms with Crippen molar-refractivity contribution in [3.63, 3.8) is 0 Å². The lowest BCUT2D eigenvalue weighted by atomic mass is 10.1. The second-order valence-corrected chi connectivity index (χ2v) is 2.07. The largest absolute Gasteiger partial charge is 0.508 e. The van der Waals surface area contributed by atoms with Crippen LogP contribution in [0.2, 0.25) is 0 Å². The normalized spacial score (nSPS) is 8.58. The summed E-state index contributed by atoms with van der Waals surface area (Å²) in [5.41, 5.74) is -0.495. The minimum absolute atomic E-state index is 0.157. The smallest absolute Gasteiger partial charge is 0.145 e. The first kappa shape index (κ1) is 8.03. The SMILES string of the molecule is N#Cc1cc(O)cc(F)c1C#N. The zero-order valence-electron chi connectivity index (χ0n) is 5.87. The van der Waals surface area contributed by atoms with Crippen LogP contribution in [-0.2, 0) is 0 Å². The van der Waals surface area contributed by atoms with Crippen LogP contribution < -0.4 is 0 Å². The van der Waals surface area contributed by atoms with Crippen LogP contribution in [0.1, 0.15) is 11.1 Å². The Labute approximate surface area is 67.9 Å². The predicted molar refractivity (Wildman–Crippen MR) is 37.5 cm³/mol. The number of phenolic OH excluding ortho intramolecular Hbond substituents is 1. The monoisotopic (exact) mass is 162 g/mol. The van der Waals surface area contributed by atoms with E-state index in [0.29, 0.717) is 0 Å². The lowest BCUT2D eigenvalue weighted by Gasteiger charge is -1.96. The van der Waals surface area contributed by atoms with E-state index in [1.807, 2.05) is 0 Å². The number of benzene rings is 1. The molecule has 0 saturated heterocycles. The van der Waals surface area contributed by atoms with Gasteiger partial charge in [0.15, 0.2) is 0 Å². The Bertz CT molecular complexity index is 401. The van der Waals surface area contributed by atoms with Crippen LogP contribution in [0.4, 0.5) is 4.39 Å². The second kappa shape index (κ2) is 2.89. The van der Waals surface area contributed by atoms with Gasteiger partial charge in [-0.3, -0.25) is 0 Å². The molecule has 0 heterocycles. The third-order valence-electron chi connectivity index (χ3n) is 1.31. The molecule has 1 aromatic carbocycles. The standard InChI is InChI=1S/C8H3FN2O/c9-8-2-6(12)1-5(3-10)7(8)4-11/h1-2,12H. The third-order valence-corrected chi connectivity index (χ3v) is 1.31. The lowest BCUT2D eigenvalue weighted by molar-refractivity contribution is 0.468. The van der Waals surface area contributed by atoms with Crippen molar-refractivity contribution in [3.8, 4) is 17.9 Å². The summed E-state index contributed by atoms with van der Waals surface area (Å²) < 4.78 is 12.8. The van der Waals surface area contributed by atoms with Gasteiger partial charge in [-0.2, -0.15) is 10.5 Å². The van der Waals surface area contributed by atoms with Crippen LogP contribution in [0.3, 0.4) is 0 Å². The fourth-order valence-electron chi connectivity index (χ4n) is 0.794. The topological polar surface area (TPSA) is 67.8 Å². The fraction of sp³-hybridized carbons (Fsp3) is 0. The molecule has 1 N–H and O–H groups in total. The highest BCUT2D eigenvalue weighted by Crippen LogP contribution is 2.18. The fourth-order valence-corrected chi connectivity index (χ4v) is 0.794. The molecule has 0 atom stereocenters. The molecule has 58 valence electrons. The number of hydrogen-bond donors (Lipinski definition) is 1. The average molecular weight is 162 g/mol. The molecule has 1 aromatic rings. The number of phenols is 1. The molecule has 12 heavy (non-hydrogen) atoms. The molecular weight excluding hydrogens is 159 g/mol. The Hall–Kier alpha value is -2.07. The summed E-state index contributed by atoms with van der Waals surface area (Å²) in [6.07, 6.45) is 0.